The fraction of sp³-hybridized carbons (Fsp3) is 0.531. The van der Waals surface area contributed by atoms with Crippen LogP contribution in [0.5, 0.6) is 0 Å². The predicted octanol–water partition coefficient (Wildman–Crippen LogP) is 8.44. The molecule has 1 saturated heterocycles. The Bertz CT molecular complexity index is 1590. The van der Waals surface area contributed by atoms with E-state index < -0.39 is 0 Å². The maximum Gasteiger partial charge on any atom is 0.146 e. The van der Waals surface area contributed by atoms with Crippen molar-refractivity contribution >= 4 is 27.5 Å². The van der Waals surface area contributed by atoms with Crippen molar-refractivity contribution in [3.8, 4) is 0 Å². The molecule has 0 amide bonds. The first-order chi connectivity index (χ1) is 16.2. The number of nitrogens with zero attached hydrogens (tertiary/aromatic N) is 2. The van der Waals surface area contributed by atoms with Crippen LogP contribution in [0.25, 0.3) is 27.5 Å². The van der Waals surface area contributed by atoms with Crippen molar-refractivity contribution < 1.29 is 4.74 Å². The minimum absolute atomic E-state index is 0.0122. The fourth-order valence-electron chi connectivity index (χ4n) is 7.42. The summed E-state index contributed by atoms with van der Waals surface area (Å²) in [5.74, 6) is 0. The highest BCUT2D eigenvalue weighted by atomic mass is 16.5. The van der Waals surface area contributed by atoms with E-state index in [0.29, 0.717) is 0 Å². The second-order valence-electron chi connectivity index (χ2n) is 14.1. The van der Waals surface area contributed by atoms with Crippen LogP contribution in [0.4, 0.5) is 0 Å². The van der Waals surface area contributed by atoms with E-state index in [-0.39, 0.29) is 33.9 Å². The summed E-state index contributed by atoms with van der Waals surface area (Å²) in [5, 5.41) is 2.55. The van der Waals surface area contributed by atoms with Crippen LogP contribution < -0.4 is 0 Å². The SMILES string of the molecule is CC(C)(C)c1cc2cc3c(cc2c2nc4cc5c(cc4n12)C(C)(C)C(C)(C)C5(C)C)C1CCC3O1. The summed E-state index contributed by atoms with van der Waals surface area (Å²) < 4.78 is 8.74. The number of aromatic nitrogens is 2. The lowest BCUT2D eigenvalue weighted by Gasteiger charge is -2.44. The zero-order valence-electron chi connectivity index (χ0n) is 22.8. The van der Waals surface area contributed by atoms with Crippen molar-refractivity contribution in [1.29, 1.82) is 0 Å². The molecule has 182 valence electrons. The molecule has 0 spiro atoms. The van der Waals surface area contributed by atoms with E-state index in [1.165, 1.54) is 44.2 Å². The van der Waals surface area contributed by atoms with Crippen molar-refractivity contribution in [2.24, 2.45) is 5.41 Å². The largest absolute Gasteiger partial charge is 0.366 e. The van der Waals surface area contributed by atoms with Gasteiger partial charge in [-0.3, -0.25) is 4.40 Å². The third-order valence-electron chi connectivity index (χ3n) is 10.8. The Kier molecular flexibility index (Phi) is 3.82. The summed E-state index contributed by atoms with van der Waals surface area (Å²) >= 11 is 0. The first-order valence-electron chi connectivity index (χ1n) is 13.4. The molecule has 1 aliphatic carbocycles. The monoisotopic (exact) mass is 466 g/mol. The minimum Gasteiger partial charge on any atom is -0.366 e. The molecule has 2 aromatic heterocycles. The molecule has 0 saturated carbocycles. The molecule has 2 aromatic carbocycles. The number of benzene rings is 2. The second-order valence-corrected chi connectivity index (χ2v) is 14.1. The van der Waals surface area contributed by atoms with Gasteiger partial charge >= 0.3 is 0 Å². The van der Waals surface area contributed by atoms with Crippen molar-refractivity contribution in [1.82, 2.24) is 9.38 Å². The van der Waals surface area contributed by atoms with Gasteiger partial charge in [0, 0.05) is 16.5 Å². The molecule has 2 bridgehead atoms. The van der Waals surface area contributed by atoms with Crippen LogP contribution in [0.2, 0.25) is 0 Å². The lowest BCUT2D eigenvalue weighted by molar-refractivity contribution is 0.0717. The Morgan fingerprint density at radius 2 is 1.43 bits per heavy atom. The third-order valence-corrected chi connectivity index (χ3v) is 10.8. The highest BCUT2D eigenvalue weighted by Gasteiger charge is 2.57. The molecule has 2 aliphatic heterocycles. The zero-order valence-corrected chi connectivity index (χ0v) is 22.8. The van der Waals surface area contributed by atoms with Gasteiger partial charge in [-0.05, 0) is 87.1 Å². The number of hydrogen-bond acceptors (Lipinski definition) is 2. The van der Waals surface area contributed by atoms with Crippen LogP contribution in [0.1, 0.15) is 115 Å². The summed E-state index contributed by atoms with van der Waals surface area (Å²) in [6, 6.07) is 12.1. The molecule has 3 heteroatoms. The maximum absolute atomic E-state index is 6.27. The standard InChI is InChI=1S/C32H38N2O/c1-29(2,3)27-13-17-12-19-20(26-11-10-25(19)35-26)14-18(17)28-33-23-15-21-22(16-24(23)34(27)28)31(6,7)32(8,9)30(21,4)5/h12-16,25-26H,10-11H2,1-9H3. The molecule has 2 atom stereocenters. The molecular weight excluding hydrogens is 428 g/mol. The minimum atomic E-state index is -0.0122. The quantitative estimate of drug-likeness (QED) is 0.260. The summed E-state index contributed by atoms with van der Waals surface area (Å²) in [5.41, 5.74) is 10.7. The predicted molar refractivity (Wildman–Crippen MR) is 145 cm³/mol. The first kappa shape index (κ1) is 21.9. The van der Waals surface area contributed by atoms with Gasteiger partial charge in [-0.2, -0.15) is 0 Å². The van der Waals surface area contributed by atoms with Crippen LogP contribution in [0.15, 0.2) is 30.3 Å². The number of pyridine rings is 1. The van der Waals surface area contributed by atoms with E-state index in [9.17, 15) is 0 Å². The van der Waals surface area contributed by atoms with Crippen molar-refractivity contribution in [2.45, 2.75) is 104 Å². The average molecular weight is 467 g/mol. The fourth-order valence-corrected chi connectivity index (χ4v) is 7.42. The van der Waals surface area contributed by atoms with Gasteiger partial charge in [0.2, 0.25) is 0 Å². The van der Waals surface area contributed by atoms with Gasteiger partial charge in [0.1, 0.15) is 5.65 Å². The third kappa shape index (κ3) is 2.44. The molecule has 4 heterocycles. The zero-order chi connectivity index (χ0) is 24.9. The van der Waals surface area contributed by atoms with E-state index in [1.54, 1.807) is 0 Å². The highest BCUT2D eigenvalue weighted by Crippen LogP contribution is 2.62. The molecule has 1 fully saturated rings. The Morgan fingerprint density at radius 1 is 0.829 bits per heavy atom. The average Bonchev–Trinajstić information content (AvgIpc) is 3.50. The molecule has 35 heavy (non-hydrogen) atoms. The number of rotatable bonds is 0. The number of fused-ring (bicyclic) bond motifs is 11. The van der Waals surface area contributed by atoms with Crippen LogP contribution in [-0.4, -0.2) is 9.38 Å². The Labute approximate surface area is 208 Å². The topological polar surface area (TPSA) is 26.5 Å². The molecule has 4 aromatic rings. The Hall–Kier alpha value is -2.39. The van der Waals surface area contributed by atoms with E-state index in [2.05, 4.69) is 97.0 Å². The Balaban J connectivity index is 1.62. The van der Waals surface area contributed by atoms with E-state index in [1.807, 2.05) is 0 Å². The van der Waals surface area contributed by atoms with Gasteiger partial charge in [-0.1, -0.05) is 62.3 Å². The van der Waals surface area contributed by atoms with Crippen molar-refractivity contribution in [3.05, 3.63) is 58.3 Å². The van der Waals surface area contributed by atoms with Gasteiger partial charge in [-0.25, -0.2) is 4.98 Å². The van der Waals surface area contributed by atoms with E-state index in [0.717, 1.165) is 24.0 Å². The smallest absolute Gasteiger partial charge is 0.146 e. The van der Waals surface area contributed by atoms with Gasteiger partial charge < -0.3 is 4.74 Å². The maximum atomic E-state index is 6.27. The Morgan fingerprint density at radius 3 is 2.06 bits per heavy atom. The molecule has 0 N–H and O–H groups in total. The second kappa shape index (κ2) is 6.11. The molecular formula is C32H38N2O. The van der Waals surface area contributed by atoms with Crippen molar-refractivity contribution in [3.63, 3.8) is 0 Å². The van der Waals surface area contributed by atoms with Gasteiger partial charge in [0.15, 0.2) is 0 Å². The molecule has 2 unspecified atom stereocenters. The summed E-state index contributed by atoms with van der Waals surface area (Å²) in [7, 11) is 0. The van der Waals surface area contributed by atoms with Gasteiger partial charge in [0.05, 0.1) is 23.2 Å². The normalized spacial score (nSPS) is 25.6. The number of imidazole rings is 1. The first-order valence-corrected chi connectivity index (χ1v) is 13.4. The number of hydrogen-bond donors (Lipinski definition) is 0. The molecule has 0 radical (unpaired) electrons. The highest BCUT2D eigenvalue weighted by molar-refractivity contribution is 6.00. The van der Waals surface area contributed by atoms with Gasteiger partial charge in [-0.15, -0.1) is 0 Å². The molecule has 7 rings (SSSR count). The lowest BCUT2D eigenvalue weighted by atomic mass is 9.59. The van der Waals surface area contributed by atoms with E-state index in [4.69, 9.17) is 9.72 Å². The van der Waals surface area contributed by atoms with Crippen LogP contribution in [0.3, 0.4) is 0 Å². The summed E-state index contributed by atoms with van der Waals surface area (Å²) in [4.78, 5) is 5.37. The lowest BCUT2D eigenvalue weighted by Crippen LogP contribution is -2.42. The van der Waals surface area contributed by atoms with Crippen LogP contribution >= 0.6 is 0 Å². The summed E-state index contributed by atoms with van der Waals surface area (Å²) in [6.07, 6.45) is 2.84. The molecule has 3 aliphatic rings. The number of ether oxygens (including phenoxy) is 1. The molecule has 3 nitrogen and oxygen atoms in total. The van der Waals surface area contributed by atoms with Crippen molar-refractivity contribution in [2.75, 3.05) is 0 Å². The van der Waals surface area contributed by atoms with Crippen LogP contribution in [-0.2, 0) is 21.0 Å². The summed E-state index contributed by atoms with van der Waals surface area (Å²) in [6.45, 7) is 21.5. The van der Waals surface area contributed by atoms with E-state index >= 15 is 0 Å². The van der Waals surface area contributed by atoms with Crippen LogP contribution in [0, 0.1) is 5.41 Å². The van der Waals surface area contributed by atoms with Gasteiger partial charge in [0.25, 0.3) is 0 Å².